The fourth-order valence-corrected chi connectivity index (χ4v) is 4.84. The van der Waals surface area contributed by atoms with Crippen molar-refractivity contribution in [2.45, 2.75) is 4.21 Å². The largest absolute Gasteiger partial charge is 0.504 e. The number of phenols is 1. The summed E-state index contributed by atoms with van der Waals surface area (Å²) in [6, 6.07) is 6.08. The second-order valence-electron chi connectivity index (χ2n) is 3.30. The van der Waals surface area contributed by atoms with Crippen LogP contribution in [0.4, 0.5) is 5.69 Å². The average Bonchev–Trinajstić information content (AvgIpc) is 2.72. The van der Waals surface area contributed by atoms with Gasteiger partial charge in [-0.2, -0.15) is 0 Å². The summed E-state index contributed by atoms with van der Waals surface area (Å²) in [5, 5.41) is 11.4. The van der Waals surface area contributed by atoms with Crippen LogP contribution in [-0.4, -0.2) is 13.5 Å². The van der Waals surface area contributed by atoms with Crippen LogP contribution in [0.3, 0.4) is 0 Å². The van der Waals surface area contributed by atoms with Gasteiger partial charge in [-0.15, -0.1) is 11.3 Å². The Morgan fingerprint density at radius 3 is 2.67 bits per heavy atom. The van der Waals surface area contributed by atoms with E-state index in [1.807, 2.05) is 0 Å². The number of sulfonamides is 1. The molecule has 0 aliphatic heterocycles. The van der Waals surface area contributed by atoms with Crippen molar-refractivity contribution in [2.24, 2.45) is 0 Å². The molecule has 0 aliphatic carbocycles. The van der Waals surface area contributed by atoms with E-state index in [0.29, 0.717) is 4.47 Å². The predicted molar refractivity (Wildman–Crippen MR) is 75.9 cm³/mol. The fourth-order valence-electron chi connectivity index (χ4n) is 1.26. The molecule has 1 heterocycles. The summed E-state index contributed by atoms with van der Waals surface area (Å²) in [6.07, 6.45) is 0. The molecule has 0 fully saturated rings. The number of hydrogen-bond donors (Lipinski definition) is 2. The maximum Gasteiger partial charge on any atom is 0.272 e. The van der Waals surface area contributed by atoms with E-state index in [1.54, 1.807) is 17.5 Å². The minimum absolute atomic E-state index is 0.0443. The highest BCUT2D eigenvalue weighted by atomic mass is 79.9. The summed E-state index contributed by atoms with van der Waals surface area (Å²) in [5.41, 5.74) is 0.0443. The molecule has 0 atom stereocenters. The molecule has 1 aromatic heterocycles. The molecule has 4 nitrogen and oxygen atoms in total. The zero-order valence-electron chi connectivity index (χ0n) is 8.72. The summed E-state index contributed by atoms with van der Waals surface area (Å²) in [6.45, 7) is 0. The maximum atomic E-state index is 12.1. The van der Waals surface area contributed by atoms with Crippen LogP contribution in [-0.2, 0) is 10.0 Å². The average molecular weight is 369 g/mol. The second kappa shape index (κ2) is 5.08. The van der Waals surface area contributed by atoms with Crippen molar-refractivity contribution in [1.29, 1.82) is 0 Å². The highest BCUT2D eigenvalue weighted by Gasteiger charge is 2.21. The summed E-state index contributed by atoms with van der Waals surface area (Å²) in [5.74, 6) is -0.296. The minimum atomic E-state index is -3.74. The molecule has 0 aliphatic rings. The fraction of sp³-hybridized carbons (Fsp3) is 0. The van der Waals surface area contributed by atoms with Crippen LogP contribution in [0.5, 0.6) is 5.75 Å². The van der Waals surface area contributed by atoms with Crippen molar-refractivity contribution in [1.82, 2.24) is 0 Å². The van der Waals surface area contributed by atoms with Crippen molar-refractivity contribution in [3.63, 3.8) is 0 Å². The molecular formula is C10H7BrClNO3S2. The first-order valence-electron chi connectivity index (χ1n) is 4.65. The normalized spacial score (nSPS) is 11.4. The van der Waals surface area contributed by atoms with Crippen molar-refractivity contribution in [2.75, 3.05) is 4.72 Å². The summed E-state index contributed by atoms with van der Waals surface area (Å²) in [4.78, 5) is 0. The predicted octanol–water partition coefficient (Wildman–Crippen LogP) is 3.67. The van der Waals surface area contributed by atoms with Gasteiger partial charge in [0.05, 0.1) is 10.7 Å². The molecule has 8 heteroatoms. The summed E-state index contributed by atoms with van der Waals surface area (Å²) < 4.78 is 27.0. The number of phenolic OH excluding ortho intramolecular Hbond substituents is 1. The number of anilines is 1. The van der Waals surface area contributed by atoms with Crippen LogP contribution >= 0.6 is 38.9 Å². The van der Waals surface area contributed by atoms with Gasteiger partial charge in [0, 0.05) is 4.47 Å². The third-order valence-electron chi connectivity index (χ3n) is 2.06. The molecule has 0 saturated carbocycles. The number of hydrogen-bond acceptors (Lipinski definition) is 4. The van der Waals surface area contributed by atoms with Crippen LogP contribution in [0.15, 0.2) is 38.3 Å². The highest BCUT2D eigenvalue weighted by molar-refractivity contribution is 9.10. The van der Waals surface area contributed by atoms with Gasteiger partial charge >= 0.3 is 0 Å². The van der Waals surface area contributed by atoms with Gasteiger partial charge in [0.15, 0.2) is 9.96 Å². The van der Waals surface area contributed by atoms with E-state index in [4.69, 9.17) is 11.6 Å². The molecule has 2 rings (SSSR count). The van der Waals surface area contributed by atoms with Gasteiger partial charge in [0.25, 0.3) is 10.0 Å². The summed E-state index contributed by atoms with van der Waals surface area (Å²) >= 11 is 9.93. The number of halogens is 2. The lowest BCUT2D eigenvalue weighted by atomic mass is 10.3. The Labute approximate surface area is 121 Å². The standard InChI is InChI=1S/C10H7BrClNO3S2/c11-6-4-5-17-10(6)18(15,16)13-8-3-1-2-7(12)9(8)14/h1-5,13-14H. The van der Waals surface area contributed by atoms with E-state index >= 15 is 0 Å². The molecule has 1 aromatic carbocycles. The van der Waals surface area contributed by atoms with Gasteiger partial charge in [-0.1, -0.05) is 17.7 Å². The molecule has 18 heavy (non-hydrogen) atoms. The Morgan fingerprint density at radius 2 is 2.06 bits per heavy atom. The molecule has 0 spiro atoms. The molecule has 0 amide bonds. The van der Waals surface area contributed by atoms with E-state index in [9.17, 15) is 13.5 Å². The molecule has 0 unspecified atom stereocenters. The number of aromatic hydroxyl groups is 1. The van der Waals surface area contributed by atoms with Crippen LogP contribution in [0.1, 0.15) is 0 Å². The molecule has 0 radical (unpaired) electrons. The zero-order valence-corrected chi connectivity index (χ0v) is 12.7. The van der Waals surface area contributed by atoms with E-state index in [0.717, 1.165) is 11.3 Å². The third-order valence-corrected chi connectivity index (χ3v) is 6.40. The number of nitrogens with one attached hydrogen (secondary N) is 1. The Kier molecular flexibility index (Phi) is 3.86. The van der Waals surface area contributed by atoms with E-state index in [-0.39, 0.29) is 20.7 Å². The second-order valence-corrected chi connectivity index (χ2v) is 7.35. The Hall–Kier alpha value is -0.760. The first-order chi connectivity index (χ1) is 8.42. The lowest BCUT2D eigenvalue weighted by molar-refractivity contribution is 0.478. The first-order valence-corrected chi connectivity index (χ1v) is 8.18. The topological polar surface area (TPSA) is 66.4 Å². The minimum Gasteiger partial charge on any atom is -0.504 e. The monoisotopic (exact) mass is 367 g/mol. The molecule has 2 N–H and O–H groups in total. The lowest BCUT2D eigenvalue weighted by Gasteiger charge is -2.09. The molecule has 96 valence electrons. The Bertz CT molecular complexity index is 684. The molecule has 0 saturated heterocycles. The van der Waals surface area contributed by atoms with E-state index < -0.39 is 10.0 Å². The first kappa shape index (κ1) is 13.7. The van der Waals surface area contributed by atoms with Crippen LogP contribution in [0.25, 0.3) is 0 Å². The summed E-state index contributed by atoms with van der Waals surface area (Å²) in [7, 11) is -3.74. The maximum absolute atomic E-state index is 12.1. The van der Waals surface area contributed by atoms with Gasteiger partial charge in [-0.3, -0.25) is 4.72 Å². The van der Waals surface area contributed by atoms with Crippen LogP contribution in [0.2, 0.25) is 5.02 Å². The number of benzene rings is 1. The SMILES string of the molecule is O=S(=O)(Nc1cccc(Cl)c1O)c1sccc1Br. The van der Waals surface area contributed by atoms with Gasteiger partial charge in [0.2, 0.25) is 0 Å². The highest BCUT2D eigenvalue weighted by Crippen LogP contribution is 2.35. The smallest absolute Gasteiger partial charge is 0.272 e. The Balaban J connectivity index is 2.40. The van der Waals surface area contributed by atoms with Crippen molar-refractivity contribution < 1.29 is 13.5 Å². The molecule has 2 aromatic rings. The van der Waals surface area contributed by atoms with Crippen LogP contribution in [0, 0.1) is 0 Å². The number of thiophene rings is 1. The van der Waals surface area contributed by atoms with Crippen molar-refractivity contribution >= 4 is 54.6 Å². The van der Waals surface area contributed by atoms with Crippen LogP contribution < -0.4 is 4.72 Å². The number of para-hydroxylation sites is 1. The van der Waals surface area contributed by atoms with Gasteiger partial charge in [-0.25, -0.2) is 8.42 Å². The Morgan fingerprint density at radius 1 is 1.33 bits per heavy atom. The lowest BCUT2D eigenvalue weighted by Crippen LogP contribution is -2.12. The third kappa shape index (κ3) is 2.64. The van der Waals surface area contributed by atoms with E-state index in [1.165, 1.54) is 12.1 Å². The zero-order chi connectivity index (χ0) is 13.3. The van der Waals surface area contributed by atoms with E-state index in [2.05, 4.69) is 20.7 Å². The van der Waals surface area contributed by atoms with Gasteiger partial charge < -0.3 is 5.11 Å². The quantitative estimate of drug-likeness (QED) is 0.812. The van der Waals surface area contributed by atoms with Gasteiger partial charge in [0.1, 0.15) is 0 Å². The van der Waals surface area contributed by atoms with Crippen molar-refractivity contribution in [3.05, 3.63) is 39.1 Å². The molecular weight excluding hydrogens is 362 g/mol. The van der Waals surface area contributed by atoms with Crippen molar-refractivity contribution in [3.8, 4) is 5.75 Å². The number of rotatable bonds is 3. The van der Waals surface area contributed by atoms with Gasteiger partial charge in [-0.05, 0) is 39.5 Å². The molecule has 0 bridgehead atoms.